The lowest BCUT2D eigenvalue weighted by molar-refractivity contribution is -0.0798. The monoisotopic (exact) mass is 256 g/mol. The maximum Gasteiger partial charge on any atom is 0.153 e. The first-order chi connectivity index (χ1) is 6.79. The van der Waals surface area contributed by atoms with Gasteiger partial charge in [-0.3, -0.25) is 4.79 Å². The molecule has 2 rings (SSSR count). The van der Waals surface area contributed by atoms with E-state index < -0.39 is 0 Å². The molecule has 0 atom stereocenters. The third kappa shape index (κ3) is 1.96. The lowest BCUT2D eigenvalue weighted by atomic mass is 10.2. The van der Waals surface area contributed by atoms with Crippen molar-refractivity contribution >= 4 is 22.2 Å². The SMILES string of the molecule is O=Cc1ccc(Br)cc1OC1COC1. The first-order valence-corrected chi connectivity index (χ1v) is 5.08. The Labute approximate surface area is 90.1 Å². The highest BCUT2D eigenvalue weighted by atomic mass is 79.9. The van der Waals surface area contributed by atoms with Crippen LogP contribution in [0.3, 0.4) is 0 Å². The van der Waals surface area contributed by atoms with E-state index in [1.54, 1.807) is 12.1 Å². The Hall–Kier alpha value is -0.870. The standard InChI is InChI=1S/C10H9BrO3/c11-8-2-1-7(4-12)10(3-8)14-9-5-13-6-9/h1-4,9H,5-6H2. The minimum absolute atomic E-state index is 0.0861. The number of hydrogen-bond acceptors (Lipinski definition) is 3. The van der Waals surface area contributed by atoms with Crippen LogP contribution in [-0.4, -0.2) is 25.6 Å². The van der Waals surface area contributed by atoms with Crippen LogP contribution in [0.5, 0.6) is 5.75 Å². The smallest absolute Gasteiger partial charge is 0.153 e. The van der Waals surface area contributed by atoms with Gasteiger partial charge in [0.15, 0.2) is 6.29 Å². The van der Waals surface area contributed by atoms with E-state index in [-0.39, 0.29) is 6.10 Å². The fourth-order valence-corrected chi connectivity index (χ4v) is 1.51. The highest BCUT2D eigenvalue weighted by molar-refractivity contribution is 9.10. The van der Waals surface area contributed by atoms with Gasteiger partial charge in [-0.15, -0.1) is 0 Å². The van der Waals surface area contributed by atoms with E-state index in [1.165, 1.54) is 0 Å². The summed E-state index contributed by atoms with van der Waals surface area (Å²) in [6.45, 7) is 1.20. The van der Waals surface area contributed by atoms with Crippen molar-refractivity contribution < 1.29 is 14.3 Å². The average Bonchev–Trinajstić information content (AvgIpc) is 2.12. The molecule has 0 unspecified atom stereocenters. The largest absolute Gasteiger partial charge is 0.485 e. The molecule has 1 aliphatic heterocycles. The fraction of sp³-hybridized carbons (Fsp3) is 0.300. The van der Waals surface area contributed by atoms with Gasteiger partial charge in [0, 0.05) is 4.47 Å². The van der Waals surface area contributed by atoms with Crippen molar-refractivity contribution in [2.75, 3.05) is 13.2 Å². The van der Waals surface area contributed by atoms with Crippen molar-refractivity contribution in [3.8, 4) is 5.75 Å². The quantitative estimate of drug-likeness (QED) is 0.777. The molecular formula is C10H9BrO3. The predicted octanol–water partition coefficient (Wildman–Crippen LogP) is 2.04. The van der Waals surface area contributed by atoms with E-state index in [9.17, 15) is 4.79 Å². The van der Waals surface area contributed by atoms with Crippen molar-refractivity contribution in [3.05, 3.63) is 28.2 Å². The zero-order valence-electron chi connectivity index (χ0n) is 7.40. The molecule has 0 bridgehead atoms. The lowest BCUT2D eigenvalue weighted by Gasteiger charge is -2.27. The zero-order valence-corrected chi connectivity index (χ0v) is 8.99. The Bertz CT molecular complexity index is 347. The van der Waals surface area contributed by atoms with E-state index in [0.717, 1.165) is 10.8 Å². The molecule has 74 valence electrons. The first kappa shape index (κ1) is 9.68. The molecule has 0 spiro atoms. The van der Waals surface area contributed by atoms with Crippen molar-refractivity contribution in [3.63, 3.8) is 0 Å². The topological polar surface area (TPSA) is 35.5 Å². The highest BCUT2D eigenvalue weighted by Gasteiger charge is 2.21. The molecule has 14 heavy (non-hydrogen) atoms. The van der Waals surface area contributed by atoms with Crippen LogP contribution in [0.4, 0.5) is 0 Å². The van der Waals surface area contributed by atoms with Gasteiger partial charge in [-0.1, -0.05) is 15.9 Å². The van der Waals surface area contributed by atoms with E-state index in [1.807, 2.05) is 6.07 Å². The van der Waals surface area contributed by atoms with Gasteiger partial charge < -0.3 is 9.47 Å². The minimum atomic E-state index is 0.0861. The number of carbonyl (C=O) groups is 1. The number of halogens is 1. The average molecular weight is 257 g/mol. The van der Waals surface area contributed by atoms with Crippen molar-refractivity contribution in [1.29, 1.82) is 0 Å². The van der Waals surface area contributed by atoms with Crippen LogP contribution in [-0.2, 0) is 4.74 Å². The summed E-state index contributed by atoms with van der Waals surface area (Å²) >= 11 is 3.33. The molecular weight excluding hydrogens is 248 g/mol. The molecule has 0 aliphatic carbocycles. The van der Waals surface area contributed by atoms with Crippen molar-refractivity contribution in [2.45, 2.75) is 6.10 Å². The molecule has 0 aromatic heterocycles. The molecule has 1 heterocycles. The van der Waals surface area contributed by atoms with E-state index >= 15 is 0 Å². The van der Waals surface area contributed by atoms with Gasteiger partial charge in [0.05, 0.1) is 18.8 Å². The van der Waals surface area contributed by atoms with Gasteiger partial charge in [0.1, 0.15) is 11.9 Å². The zero-order chi connectivity index (χ0) is 9.97. The van der Waals surface area contributed by atoms with Gasteiger partial charge in [0.2, 0.25) is 0 Å². The Morgan fingerprint density at radius 3 is 2.86 bits per heavy atom. The summed E-state index contributed by atoms with van der Waals surface area (Å²) in [5, 5.41) is 0. The summed E-state index contributed by atoms with van der Waals surface area (Å²) in [5.74, 6) is 0.614. The van der Waals surface area contributed by atoms with Crippen LogP contribution < -0.4 is 4.74 Å². The Balaban J connectivity index is 2.19. The van der Waals surface area contributed by atoms with Crippen LogP contribution in [0.25, 0.3) is 0 Å². The van der Waals surface area contributed by atoms with Crippen LogP contribution in [0.1, 0.15) is 10.4 Å². The molecule has 1 aromatic rings. The summed E-state index contributed by atoms with van der Waals surface area (Å²) < 4.78 is 11.5. The molecule has 1 aliphatic rings. The third-order valence-electron chi connectivity index (χ3n) is 2.00. The Kier molecular flexibility index (Phi) is 2.84. The Morgan fingerprint density at radius 2 is 2.29 bits per heavy atom. The molecule has 0 amide bonds. The molecule has 1 aromatic carbocycles. The molecule has 0 radical (unpaired) electrons. The van der Waals surface area contributed by atoms with Crippen LogP contribution in [0.2, 0.25) is 0 Å². The second-order valence-corrected chi connectivity index (χ2v) is 3.99. The summed E-state index contributed by atoms with van der Waals surface area (Å²) in [6, 6.07) is 5.34. The lowest BCUT2D eigenvalue weighted by Crippen LogP contribution is -2.38. The van der Waals surface area contributed by atoms with Crippen molar-refractivity contribution in [1.82, 2.24) is 0 Å². The minimum Gasteiger partial charge on any atom is -0.485 e. The maximum atomic E-state index is 10.7. The second-order valence-electron chi connectivity index (χ2n) is 3.08. The number of benzene rings is 1. The van der Waals surface area contributed by atoms with Crippen molar-refractivity contribution in [2.24, 2.45) is 0 Å². The highest BCUT2D eigenvalue weighted by Crippen LogP contribution is 2.24. The van der Waals surface area contributed by atoms with Gasteiger partial charge in [-0.05, 0) is 18.2 Å². The first-order valence-electron chi connectivity index (χ1n) is 4.29. The maximum absolute atomic E-state index is 10.7. The fourth-order valence-electron chi connectivity index (χ4n) is 1.17. The van der Waals surface area contributed by atoms with Crippen LogP contribution >= 0.6 is 15.9 Å². The molecule has 1 saturated heterocycles. The molecule has 0 N–H and O–H groups in total. The number of rotatable bonds is 3. The van der Waals surface area contributed by atoms with E-state index in [4.69, 9.17) is 9.47 Å². The molecule has 1 fully saturated rings. The summed E-state index contributed by atoms with van der Waals surface area (Å²) in [6.07, 6.45) is 0.879. The van der Waals surface area contributed by atoms with Crippen LogP contribution in [0.15, 0.2) is 22.7 Å². The predicted molar refractivity (Wildman–Crippen MR) is 54.8 cm³/mol. The van der Waals surface area contributed by atoms with E-state index in [0.29, 0.717) is 24.5 Å². The normalized spacial score (nSPS) is 16.1. The summed E-state index contributed by atoms with van der Waals surface area (Å²) in [7, 11) is 0. The third-order valence-corrected chi connectivity index (χ3v) is 2.50. The summed E-state index contributed by atoms with van der Waals surface area (Å²) in [5.41, 5.74) is 0.570. The van der Waals surface area contributed by atoms with Gasteiger partial charge in [-0.2, -0.15) is 0 Å². The number of carbonyl (C=O) groups excluding carboxylic acids is 1. The van der Waals surface area contributed by atoms with Crippen LogP contribution in [0, 0.1) is 0 Å². The van der Waals surface area contributed by atoms with Gasteiger partial charge >= 0.3 is 0 Å². The second kappa shape index (κ2) is 4.11. The summed E-state index contributed by atoms with van der Waals surface area (Å²) in [4.78, 5) is 10.7. The molecule has 4 heteroatoms. The number of ether oxygens (including phenoxy) is 2. The van der Waals surface area contributed by atoms with E-state index in [2.05, 4.69) is 15.9 Å². The molecule has 0 saturated carbocycles. The van der Waals surface area contributed by atoms with Gasteiger partial charge in [-0.25, -0.2) is 0 Å². The Morgan fingerprint density at radius 1 is 1.50 bits per heavy atom. The number of aldehydes is 1. The number of hydrogen-bond donors (Lipinski definition) is 0. The molecule has 3 nitrogen and oxygen atoms in total. The van der Waals surface area contributed by atoms with Gasteiger partial charge in [0.25, 0.3) is 0 Å².